The number of carbonyl (C=O) groups is 1. The maximum atomic E-state index is 12.2. The van der Waals surface area contributed by atoms with Gasteiger partial charge in [-0.05, 0) is 34.5 Å². The smallest absolute Gasteiger partial charge is 0.255 e. The van der Waals surface area contributed by atoms with Crippen LogP contribution in [0.4, 0.5) is 0 Å². The molecular weight excluding hydrogens is 268 g/mol. The van der Waals surface area contributed by atoms with Gasteiger partial charge in [-0.15, -0.1) is 0 Å². The van der Waals surface area contributed by atoms with E-state index in [-0.39, 0.29) is 5.91 Å². The summed E-state index contributed by atoms with van der Waals surface area (Å²) in [5.41, 5.74) is 1.86. The van der Waals surface area contributed by atoms with Crippen LogP contribution in [-0.4, -0.2) is 37.0 Å². The van der Waals surface area contributed by atoms with Crippen molar-refractivity contribution in [1.82, 2.24) is 10.2 Å². The lowest BCUT2D eigenvalue weighted by molar-refractivity contribution is 0.0735. The number of piperazine rings is 1. The van der Waals surface area contributed by atoms with Crippen molar-refractivity contribution in [3.63, 3.8) is 0 Å². The minimum Gasteiger partial charge on any atom is -0.336 e. The van der Waals surface area contributed by atoms with E-state index in [0.717, 1.165) is 41.8 Å². The van der Waals surface area contributed by atoms with Crippen molar-refractivity contribution in [1.29, 1.82) is 0 Å². The van der Waals surface area contributed by atoms with Crippen LogP contribution in [0.5, 0.6) is 0 Å². The predicted octanol–water partition coefficient (Wildman–Crippen LogP) is 1.80. The highest BCUT2D eigenvalue weighted by Crippen LogP contribution is 2.22. The first-order valence-corrected chi connectivity index (χ1v) is 6.24. The lowest BCUT2D eigenvalue weighted by Crippen LogP contribution is -2.46. The summed E-state index contributed by atoms with van der Waals surface area (Å²) in [4.78, 5) is 14.1. The molecule has 0 atom stereocenters. The zero-order valence-corrected chi connectivity index (χ0v) is 10.9. The molecule has 3 nitrogen and oxygen atoms in total. The van der Waals surface area contributed by atoms with E-state index >= 15 is 0 Å². The minimum absolute atomic E-state index is 0.122. The number of benzene rings is 1. The minimum atomic E-state index is 0.122. The topological polar surface area (TPSA) is 32.3 Å². The number of nitrogens with one attached hydrogen (secondary N) is 1. The first kappa shape index (κ1) is 11.6. The summed E-state index contributed by atoms with van der Waals surface area (Å²) in [6.45, 7) is 5.35. The summed E-state index contributed by atoms with van der Waals surface area (Å²) in [5, 5.41) is 3.24. The van der Waals surface area contributed by atoms with Crippen molar-refractivity contribution in [3.8, 4) is 0 Å². The second-order valence-electron chi connectivity index (χ2n) is 3.98. The molecular formula is C12H15BrN2O. The zero-order chi connectivity index (χ0) is 11.5. The Morgan fingerprint density at radius 2 is 2.06 bits per heavy atom. The fourth-order valence-electron chi connectivity index (χ4n) is 1.85. The van der Waals surface area contributed by atoms with Gasteiger partial charge in [0.15, 0.2) is 0 Å². The molecule has 1 amide bonds. The third-order valence-corrected chi connectivity index (χ3v) is 3.88. The quantitative estimate of drug-likeness (QED) is 0.852. The molecule has 1 saturated heterocycles. The molecule has 1 N–H and O–H groups in total. The number of aryl methyl sites for hydroxylation is 1. The van der Waals surface area contributed by atoms with Crippen LogP contribution in [0.2, 0.25) is 0 Å². The maximum Gasteiger partial charge on any atom is 0.255 e. The number of hydrogen-bond donors (Lipinski definition) is 1. The molecule has 0 aromatic heterocycles. The molecule has 0 saturated carbocycles. The monoisotopic (exact) mass is 282 g/mol. The van der Waals surface area contributed by atoms with Gasteiger partial charge >= 0.3 is 0 Å². The molecule has 4 heteroatoms. The molecule has 16 heavy (non-hydrogen) atoms. The maximum absolute atomic E-state index is 12.2. The van der Waals surface area contributed by atoms with Gasteiger partial charge in [-0.3, -0.25) is 4.79 Å². The van der Waals surface area contributed by atoms with Gasteiger partial charge in [-0.2, -0.15) is 0 Å². The number of halogens is 1. The first-order valence-electron chi connectivity index (χ1n) is 5.45. The lowest BCUT2D eigenvalue weighted by Gasteiger charge is -2.28. The highest BCUT2D eigenvalue weighted by atomic mass is 79.9. The van der Waals surface area contributed by atoms with Gasteiger partial charge < -0.3 is 10.2 Å². The van der Waals surface area contributed by atoms with Crippen molar-refractivity contribution in [3.05, 3.63) is 33.8 Å². The number of carbonyl (C=O) groups excluding carboxylic acids is 1. The molecule has 1 heterocycles. The van der Waals surface area contributed by atoms with Gasteiger partial charge in [0.05, 0.1) is 5.56 Å². The summed E-state index contributed by atoms with van der Waals surface area (Å²) in [6.07, 6.45) is 0. The Labute approximate surface area is 104 Å². The molecule has 1 aromatic rings. The average Bonchev–Trinajstić information content (AvgIpc) is 2.33. The van der Waals surface area contributed by atoms with Gasteiger partial charge in [0.25, 0.3) is 5.91 Å². The Balaban J connectivity index is 2.22. The highest BCUT2D eigenvalue weighted by molar-refractivity contribution is 9.10. The van der Waals surface area contributed by atoms with Gasteiger partial charge in [-0.25, -0.2) is 0 Å². The van der Waals surface area contributed by atoms with Crippen LogP contribution in [0.15, 0.2) is 22.7 Å². The SMILES string of the molecule is Cc1cccc(C(=O)N2CCNCC2)c1Br. The van der Waals surface area contributed by atoms with Crippen molar-refractivity contribution >= 4 is 21.8 Å². The van der Waals surface area contributed by atoms with Crippen molar-refractivity contribution in [2.24, 2.45) is 0 Å². The van der Waals surface area contributed by atoms with E-state index in [1.54, 1.807) is 0 Å². The van der Waals surface area contributed by atoms with Crippen LogP contribution in [0.25, 0.3) is 0 Å². The van der Waals surface area contributed by atoms with E-state index in [0.29, 0.717) is 0 Å². The molecule has 0 radical (unpaired) electrons. The first-order chi connectivity index (χ1) is 7.70. The molecule has 86 valence electrons. The molecule has 1 aliphatic heterocycles. The molecule has 1 aromatic carbocycles. The number of nitrogens with zero attached hydrogens (tertiary/aromatic N) is 1. The van der Waals surface area contributed by atoms with Crippen molar-refractivity contribution in [2.75, 3.05) is 26.2 Å². The van der Waals surface area contributed by atoms with Crippen molar-refractivity contribution in [2.45, 2.75) is 6.92 Å². The summed E-state index contributed by atoms with van der Waals surface area (Å²) in [7, 11) is 0. The predicted molar refractivity (Wildman–Crippen MR) is 67.7 cm³/mol. The van der Waals surface area contributed by atoms with Crippen LogP contribution in [0, 0.1) is 6.92 Å². The van der Waals surface area contributed by atoms with Crippen LogP contribution in [-0.2, 0) is 0 Å². The molecule has 0 unspecified atom stereocenters. The van der Waals surface area contributed by atoms with Gasteiger partial charge in [-0.1, -0.05) is 12.1 Å². The van der Waals surface area contributed by atoms with E-state index in [2.05, 4.69) is 21.2 Å². The Morgan fingerprint density at radius 1 is 1.38 bits per heavy atom. The zero-order valence-electron chi connectivity index (χ0n) is 9.29. The van der Waals surface area contributed by atoms with Crippen LogP contribution >= 0.6 is 15.9 Å². The molecule has 0 aliphatic carbocycles. The number of rotatable bonds is 1. The molecule has 1 aliphatic rings. The largest absolute Gasteiger partial charge is 0.336 e. The molecule has 2 rings (SSSR count). The summed E-state index contributed by atoms with van der Waals surface area (Å²) in [5.74, 6) is 0.122. The van der Waals surface area contributed by atoms with Gasteiger partial charge in [0, 0.05) is 30.7 Å². The van der Waals surface area contributed by atoms with Gasteiger partial charge in [0.2, 0.25) is 0 Å². The standard InChI is InChI=1S/C12H15BrN2O/c1-9-3-2-4-10(11(9)13)12(16)15-7-5-14-6-8-15/h2-4,14H,5-8H2,1H3. The number of amides is 1. The second-order valence-corrected chi connectivity index (χ2v) is 4.77. The molecule has 0 bridgehead atoms. The number of hydrogen-bond acceptors (Lipinski definition) is 2. The highest BCUT2D eigenvalue weighted by Gasteiger charge is 2.20. The molecule has 0 spiro atoms. The Kier molecular flexibility index (Phi) is 3.61. The molecule has 1 fully saturated rings. The Bertz CT molecular complexity index is 400. The Morgan fingerprint density at radius 3 is 2.75 bits per heavy atom. The summed E-state index contributed by atoms with van der Waals surface area (Å²) < 4.78 is 0.915. The van der Waals surface area contributed by atoms with Crippen LogP contribution < -0.4 is 5.32 Å². The normalized spacial score (nSPS) is 16.2. The van der Waals surface area contributed by atoms with E-state index in [4.69, 9.17) is 0 Å². The van der Waals surface area contributed by atoms with E-state index < -0.39 is 0 Å². The summed E-state index contributed by atoms with van der Waals surface area (Å²) in [6, 6.07) is 5.80. The van der Waals surface area contributed by atoms with Crippen LogP contribution in [0.3, 0.4) is 0 Å². The lowest BCUT2D eigenvalue weighted by atomic mass is 10.1. The van der Waals surface area contributed by atoms with E-state index in [9.17, 15) is 4.79 Å². The Hall–Kier alpha value is -0.870. The average molecular weight is 283 g/mol. The third kappa shape index (κ3) is 2.28. The van der Waals surface area contributed by atoms with E-state index in [1.165, 1.54) is 0 Å². The van der Waals surface area contributed by atoms with E-state index in [1.807, 2.05) is 30.0 Å². The second kappa shape index (κ2) is 4.97. The fourth-order valence-corrected chi connectivity index (χ4v) is 2.28. The van der Waals surface area contributed by atoms with Gasteiger partial charge in [0.1, 0.15) is 0 Å². The summed E-state index contributed by atoms with van der Waals surface area (Å²) >= 11 is 3.48. The third-order valence-electron chi connectivity index (χ3n) is 2.83. The fraction of sp³-hybridized carbons (Fsp3) is 0.417. The van der Waals surface area contributed by atoms with Crippen molar-refractivity contribution < 1.29 is 4.79 Å². The van der Waals surface area contributed by atoms with Crippen LogP contribution in [0.1, 0.15) is 15.9 Å².